The molecule has 2 atom stereocenters. The lowest BCUT2D eigenvalue weighted by Gasteiger charge is -2.41. The van der Waals surface area contributed by atoms with Gasteiger partial charge >= 0.3 is 0 Å². The number of piperidine rings is 1. The van der Waals surface area contributed by atoms with Crippen molar-refractivity contribution in [3.8, 4) is 0 Å². The summed E-state index contributed by atoms with van der Waals surface area (Å²) in [6, 6.07) is 0.901. The van der Waals surface area contributed by atoms with Crippen molar-refractivity contribution < 1.29 is 0 Å². The van der Waals surface area contributed by atoms with Crippen molar-refractivity contribution in [3.05, 3.63) is 0 Å². The first kappa shape index (κ1) is 16.8. The van der Waals surface area contributed by atoms with Crippen LogP contribution in [0.1, 0.15) is 67.2 Å². The third kappa shape index (κ3) is 3.38. The average Bonchev–Trinajstić information content (AvgIpc) is 2.95. The normalized spacial score (nSPS) is 36.0. The van der Waals surface area contributed by atoms with E-state index in [1.807, 2.05) is 0 Å². The lowest BCUT2D eigenvalue weighted by Crippen LogP contribution is -2.44. The lowest BCUT2D eigenvalue weighted by molar-refractivity contribution is 0.0764. The topological polar surface area (TPSA) is 6.48 Å². The fourth-order valence-electron chi connectivity index (χ4n) is 5.24. The van der Waals surface area contributed by atoms with Crippen LogP contribution in [-0.4, -0.2) is 47.6 Å². The monoisotopic (exact) mass is 306 g/mol. The molecule has 2 aliphatic heterocycles. The maximum Gasteiger partial charge on any atom is 0.0125 e. The van der Waals surface area contributed by atoms with Gasteiger partial charge < -0.3 is 4.90 Å². The van der Waals surface area contributed by atoms with Gasteiger partial charge in [0.15, 0.2) is 0 Å². The van der Waals surface area contributed by atoms with Gasteiger partial charge in [-0.1, -0.05) is 20.8 Å². The minimum atomic E-state index is 0.366. The molecule has 3 rings (SSSR count). The van der Waals surface area contributed by atoms with E-state index in [1.165, 1.54) is 51.9 Å². The third-order valence-corrected chi connectivity index (χ3v) is 6.95. The Balaban J connectivity index is 1.50. The van der Waals surface area contributed by atoms with E-state index in [9.17, 15) is 0 Å². The van der Waals surface area contributed by atoms with Gasteiger partial charge in [0.25, 0.3) is 0 Å². The summed E-state index contributed by atoms with van der Waals surface area (Å²) in [5, 5.41) is 0. The number of fused-ring (bicyclic) bond motifs is 1. The van der Waals surface area contributed by atoms with Crippen molar-refractivity contribution in [3.63, 3.8) is 0 Å². The van der Waals surface area contributed by atoms with Crippen LogP contribution < -0.4 is 0 Å². The lowest BCUT2D eigenvalue weighted by atomic mass is 9.75. The van der Waals surface area contributed by atoms with Crippen LogP contribution in [0.3, 0.4) is 0 Å². The molecule has 0 bridgehead atoms. The van der Waals surface area contributed by atoms with Crippen molar-refractivity contribution in [2.45, 2.75) is 78.8 Å². The van der Waals surface area contributed by atoms with Crippen LogP contribution in [0.2, 0.25) is 0 Å². The fourth-order valence-corrected chi connectivity index (χ4v) is 5.24. The summed E-state index contributed by atoms with van der Waals surface area (Å²) in [4.78, 5) is 5.58. The van der Waals surface area contributed by atoms with Crippen LogP contribution >= 0.6 is 0 Å². The summed E-state index contributed by atoms with van der Waals surface area (Å²) in [7, 11) is 0. The highest BCUT2D eigenvalue weighted by molar-refractivity contribution is 4.99. The predicted molar refractivity (Wildman–Crippen MR) is 95.1 cm³/mol. The zero-order valence-corrected chi connectivity index (χ0v) is 15.9. The second kappa shape index (κ2) is 5.77. The van der Waals surface area contributed by atoms with Crippen LogP contribution in [0.15, 0.2) is 0 Å². The molecule has 2 unspecified atom stereocenters. The minimum Gasteiger partial charge on any atom is -0.300 e. The summed E-state index contributed by atoms with van der Waals surface area (Å²) >= 11 is 0. The minimum absolute atomic E-state index is 0.366. The molecule has 0 aromatic carbocycles. The van der Waals surface area contributed by atoms with Gasteiger partial charge in [0, 0.05) is 24.7 Å². The quantitative estimate of drug-likeness (QED) is 0.714. The van der Waals surface area contributed by atoms with Gasteiger partial charge in [-0.15, -0.1) is 0 Å². The van der Waals surface area contributed by atoms with Crippen molar-refractivity contribution in [2.24, 2.45) is 23.2 Å². The highest BCUT2D eigenvalue weighted by Crippen LogP contribution is 2.44. The van der Waals surface area contributed by atoms with Crippen LogP contribution in [0.4, 0.5) is 0 Å². The molecule has 2 heterocycles. The van der Waals surface area contributed by atoms with E-state index < -0.39 is 0 Å². The zero-order chi connectivity index (χ0) is 16.1. The molecule has 0 amide bonds. The van der Waals surface area contributed by atoms with Gasteiger partial charge in [0.05, 0.1) is 0 Å². The van der Waals surface area contributed by atoms with Crippen molar-refractivity contribution >= 4 is 0 Å². The van der Waals surface area contributed by atoms with Crippen LogP contribution in [-0.2, 0) is 0 Å². The number of likely N-dealkylation sites (tertiary alicyclic amines) is 2. The first-order valence-electron chi connectivity index (χ1n) is 9.63. The Morgan fingerprint density at radius 2 is 1.27 bits per heavy atom. The zero-order valence-electron chi connectivity index (χ0n) is 15.9. The summed E-state index contributed by atoms with van der Waals surface area (Å²) < 4.78 is 0. The Hall–Kier alpha value is -0.0800. The standard InChI is InChI=1S/C20H38N2/c1-19(2,3)17-7-9-21(10-8-17)18-11-15-13-22(20(4,5)6)14-16(15)12-18/h15-18H,7-14H2,1-6H3. The molecule has 0 N–H and O–H groups in total. The van der Waals surface area contributed by atoms with E-state index in [1.54, 1.807) is 0 Å². The first-order chi connectivity index (χ1) is 10.1. The maximum absolute atomic E-state index is 2.85. The number of hydrogen-bond acceptors (Lipinski definition) is 2. The molecule has 0 spiro atoms. The van der Waals surface area contributed by atoms with Crippen molar-refractivity contribution in [1.29, 1.82) is 0 Å². The second-order valence-electron chi connectivity index (χ2n) is 10.4. The van der Waals surface area contributed by atoms with Gasteiger partial charge in [-0.2, -0.15) is 0 Å². The Kier molecular flexibility index (Phi) is 4.40. The third-order valence-electron chi connectivity index (χ3n) is 6.95. The van der Waals surface area contributed by atoms with E-state index in [4.69, 9.17) is 0 Å². The maximum atomic E-state index is 2.85. The van der Waals surface area contributed by atoms with E-state index in [-0.39, 0.29) is 0 Å². The van der Waals surface area contributed by atoms with E-state index in [0.717, 1.165) is 23.8 Å². The first-order valence-corrected chi connectivity index (χ1v) is 9.63. The van der Waals surface area contributed by atoms with Gasteiger partial charge in [-0.25, -0.2) is 0 Å². The van der Waals surface area contributed by atoms with Crippen molar-refractivity contribution in [2.75, 3.05) is 26.2 Å². The van der Waals surface area contributed by atoms with Gasteiger partial charge in [-0.05, 0) is 82.7 Å². The molecule has 128 valence electrons. The molecule has 2 nitrogen and oxygen atoms in total. The molecule has 0 radical (unpaired) electrons. The van der Waals surface area contributed by atoms with Gasteiger partial charge in [0.2, 0.25) is 0 Å². The molecule has 3 fully saturated rings. The molecule has 0 aromatic heterocycles. The van der Waals surface area contributed by atoms with E-state index in [2.05, 4.69) is 51.3 Å². The summed E-state index contributed by atoms with van der Waals surface area (Å²) in [5.41, 5.74) is 0.871. The molecule has 0 aromatic rings. The summed E-state index contributed by atoms with van der Waals surface area (Å²) in [6.45, 7) is 19.8. The van der Waals surface area contributed by atoms with E-state index in [0.29, 0.717) is 11.0 Å². The Morgan fingerprint density at radius 1 is 0.773 bits per heavy atom. The fraction of sp³-hybridized carbons (Fsp3) is 1.00. The molecular weight excluding hydrogens is 268 g/mol. The molecule has 2 heteroatoms. The highest BCUT2D eigenvalue weighted by Gasteiger charge is 2.45. The second-order valence-corrected chi connectivity index (χ2v) is 10.4. The molecule has 3 aliphatic rings. The van der Waals surface area contributed by atoms with E-state index >= 15 is 0 Å². The SMILES string of the molecule is CC(C)(C)C1CCN(C2CC3CN(C(C)(C)C)CC3C2)CC1. The average molecular weight is 307 g/mol. The van der Waals surface area contributed by atoms with Crippen LogP contribution in [0.25, 0.3) is 0 Å². The molecule has 1 aliphatic carbocycles. The molecule has 22 heavy (non-hydrogen) atoms. The Morgan fingerprint density at radius 3 is 1.68 bits per heavy atom. The van der Waals surface area contributed by atoms with Gasteiger partial charge in [0.1, 0.15) is 0 Å². The summed E-state index contributed by atoms with van der Waals surface area (Å²) in [5.74, 6) is 2.88. The van der Waals surface area contributed by atoms with Crippen LogP contribution in [0, 0.1) is 23.2 Å². The smallest absolute Gasteiger partial charge is 0.0125 e. The highest BCUT2D eigenvalue weighted by atomic mass is 15.2. The summed E-state index contributed by atoms with van der Waals surface area (Å²) in [6.07, 6.45) is 5.78. The molecular formula is C20H38N2. The predicted octanol–water partition coefficient (Wildman–Crippen LogP) is 4.25. The van der Waals surface area contributed by atoms with Gasteiger partial charge in [-0.3, -0.25) is 4.90 Å². The largest absolute Gasteiger partial charge is 0.300 e. The molecule has 2 saturated heterocycles. The van der Waals surface area contributed by atoms with Crippen LogP contribution in [0.5, 0.6) is 0 Å². The number of rotatable bonds is 1. The number of hydrogen-bond donors (Lipinski definition) is 0. The molecule has 1 saturated carbocycles. The Bertz CT molecular complexity index is 367. The van der Waals surface area contributed by atoms with Crippen molar-refractivity contribution in [1.82, 2.24) is 9.80 Å². The Labute approximate surface area is 138 Å². The number of nitrogens with zero attached hydrogens (tertiary/aromatic N) is 2.